The van der Waals surface area contributed by atoms with Gasteiger partial charge in [0.2, 0.25) is 0 Å². The number of carbonyl (C=O) groups excluding carboxylic acids is 1. The van der Waals surface area contributed by atoms with Crippen LogP contribution in [-0.2, 0) is 18.6 Å². The number of aromatic nitrogens is 2. The zero-order valence-electron chi connectivity index (χ0n) is 19.7. The predicted octanol–water partition coefficient (Wildman–Crippen LogP) is 6.06. The van der Waals surface area contributed by atoms with Crippen LogP contribution in [0.4, 0.5) is 0 Å². The first kappa shape index (κ1) is 22.9. The van der Waals surface area contributed by atoms with Gasteiger partial charge in [0.1, 0.15) is 10.6 Å². The van der Waals surface area contributed by atoms with E-state index in [9.17, 15) is 9.59 Å². The highest BCUT2D eigenvalue weighted by Crippen LogP contribution is 2.37. The summed E-state index contributed by atoms with van der Waals surface area (Å²) in [7, 11) is 1.63. The minimum absolute atomic E-state index is 0.00468. The second-order valence-corrected chi connectivity index (χ2v) is 10.8. The number of thioether (sulfide) groups is 1. The molecule has 34 heavy (non-hydrogen) atoms. The number of rotatable bonds is 6. The minimum atomic E-state index is 0.00468. The first-order valence-corrected chi connectivity index (χ1v) is 13.1. The Kier molecular flexibility index (Phi) is 6.08. The van der Waals surface area contributed by atoms with Gasteiger partial charge in [-0.05, 0) is 81.0 Å². The molecule has 0 saturated carbocycles. The minimum Gasteiger partial charge on any atom is -0.496 e. The molecule has 0 amide bonds. The average Bonchev–Trinajstić information content (AvgIpc) is 3.40. The molecule has 5 rings (SSSR count). The third-order valence-electron chi connectivity index (χ3n) is 6.36. The summed E-state index contributed by atoms with van der Waals surface area (Å²) in [5, 5.41) is 1.43. The molecule has 2 heterocycles. The van der Waals surface area contributed by atoms with E-state index in [0.717, 1.165) is 51.9 Å². The third-order valence-corrected chi connectivity index (χ3v) is 8.53. The van der Waals surface area contributed by atoms with Crippen molar-refractivity contribution in [3.63, 3.8) is 0 Å². The lowest BCUT2D eigenvalue weighted by Crippen LogP contribution is -2.22. The van der Waals surface area contributed by atoms with E-state index in [0.29, 0.717) is 22.2 Å². The Morgan fingerprint density at radius 1 is 1.18 bits per heavy atom. The molecule has 174 valence electrons. The maximum Gasteiger partial charge on any atom is 0.267 e. The van der Waals surface area contributed by atoms with Crippen molar-refractivity contribution in [2.45, 2.75) is 50.9 Å². The lowest BCUT2D eigenvalue weighted by Gasteiger charge is -2.16. The highest BCUT2D eigenvalue weighted by atomic mass is 32.2. The summed E-state index contributed by atoms with van der Waals surface area (Å²) >= 11 is 3.15. The molecular weight excluding hydrogens is 464 g/mol. The Morgan fingerprint density at radius 2 is 2.00 bits per heavy atom. The highest BCUT2D eigenvalue weighted by Gasteiger charge is 2.24. The number of ether oxygens (including phenoxy) is 1. The van der Waals surface area contributed by atoms with Crippen molar-refractivity contribution in [2.24, 2.45) is 0 Å². The second kappa shape index (κ2) is 9.04. The number of ketones is 1. The molecule has 7 heteroatoms. The molecule has 0 fully saturated rings. The number of benzene rings is 2. The highest BCUT2D eigenvalue weighted by molar-refractivity contribution is 7.98. The molecule has 0 radical (unpaired) electrons. The average molecular weight is 491 g/mol. The van der Waals surface area contributed by atoms with Crippen molar-refractivity contribution in [3.05, 3.63) is 79.4 Å². The molecule has 0 bridgehead atoms. The van der Waals surface area contributed by atoms with Crippen LogP contribution in [0.2, 0.25) is 0 Å². The molecule has 0 spiro atoms. The molecular formula is C27H26N2O3S2. The van der Waals surface area contributed by atoms with Crippen LogP contribution in [0.25, 0.3) is 15.9 Å². The SMILES string of the molecule is COc1ccc(C(C)=O)cc1CSc1nc2sc3c(c2c(=O)n1-c1cc(C)ccc1C)CCC3. The number of Topliss-reactive ketones (excluding diaryl/α,β-unsaturated/α-hetero) is 1. The smallest absolute Gasteiger partial charge is 0.267 e. The summed E-state index contributed by atoms with van der Waals surface area (Å²) in [6.07, 6.45) is 3.07. The Labute approximate surface area is 206 Å². The van der Waals surface area contributed by atoms with Crippen molar-refractivity contribution in [3.8, 4) is 11.4 Å². The molecule has 0 N–H and O–H groups in total. The zero-order chi connectivity index (χ0) is 24.0. The van der Waals surface area contributed by atoms with Gasteiger partial charge in [-0.2, -0.15) is 0 Å². The fraction of sp³-hybridized carbons (Fsp3) is 0.296. The Morgan fingerprint density at radius 3 is 2.76 bits per heavy atom. The van der Waals surface area contributed by atoms with Crippen LogP contribution in [0.1, 0.15) is 50.8 Å². The van der Waals surface area contributed by atoms with E-state index in [-0.39, 0.29) is 11.3 Å². The Balaban J connectivity index is 1.67. The fourth-order valence-corrected chi connectivity index (χ4v) is 6.83. The van der Waals surface area contributed by atoms with Crippen molar-refractivity contribution in [1.29, 1.82) is 0 Å². The third kappa shape index (κ3) is 3.97. The van der Waals surface area contributed by atoms with Crippen LogP contribution < -0.4 is 10.3 Å². The van der Waals surface area contributed by atoms with Crippen molar-refractivity contribution < 1.29 is 9.53 Å². The summed E-state index contributed by atoms with van der Waals surface area (Å²) in [6, 6.07) is 11.6. The quantitative estimate of drug-likeness (QED) is 0.187. The van der Waals surface area contributed by atoms with Crippen LogP contribution in [0.3, 0.4) is 0 Å². The number of aryl methyl sites for hydroxylation is 4. The summed E-state index contributed by atoms with van der Waals surface area (Å²) < 4.78 is 7.32. The normalized spacial score (nSPS) is 12.8. The molecule has 2 aromatic carbocycles. The molecule has 5 nitrogen and oxygen atoms in total. The molecule has 0 unspecified atom stereocenters. The van der Waals surface area contributed by atoms with Crippen LogP contribution >= 0.6 is 23.1 Å². The van der Waals surface area contributed by atoms with Gasteiger partial charge in [0.25, 0.3) is 5.56 Å². The Hall–Kier alpha value is -2.90. The van der Waals surface area contributed by atoms with Gasteiger partial charge in [0.05, 0.1) is 18.2 Å². The van der Waals surface area contributed by atoms with E-state index in [1.807, 2.05) is 32.0 Å². The van der Waals surface area contributed by atoms with Gasteiger partial charge in [-0.25, -0.2) is 4.98 Å². The summed E-state index contributed by atoms with van der Waals surface area (Å²) in [5.74, 6) is 1.25. The first-order valence-electron chi connectivity index (χ1n) is 11.3. The number of hydrogen-bond acceptors (Lipinski definition) is 6. The maximum absolute atomic E-state index is 14.0. The van der Waals surface area contributed by atoms with E-state index in [1.165, 1.54) is 22.2 Å². The largest absolute Gasteiger partial charge is 0.496 e. The molecule has 1 aliphatic carbocycles. The molecule has 0 saturated heterocycles. The van der Waals surface area contributed by atoms with Crippen LogP contribution in [0.5, 0.6) is 5.75 Å². The van der Waals surface area contributed by atoms with E-state index < -0.39 is 0 Å². The number of methoxy groups -OCH3 is 1. The van der Waals surface area contributed by atoms with E-state index in [1.54, 1.807) is 36.0 Å². The van der Waals surface area contributed by atoms with Crippen molar-refractivity contribution >= 4 is 39.1 Å². The molecule has 0 aliphatic heterocycles. The van der Waals surface area contributed by atoms with Gasteiger partial charge in [0.15, 0.2) is 10.9 Å². The fourth-order valence-electron chi connectivity index (χ4n) is 4.55. The second-order valence-electron chi connectivity index (χ2n) is 8.73. The molecule has 1 aliphatic rings. The summed E-state index contributed by atoms with van der Waals surface area (Å²) in [6.45, 7) is 5.62. The number of hydrogen-bond donors (Lipinski definition) is 0. The van der Waals surface area contributed by atoms with Crippen molar-refractivity contribution in [2.75, 3.05) is 7.11 Å². The van der Waals surface area contributed by atoms with Gasteiger partial charge in [-0.1, -0.05) is 23.9 Å². The first-order chi connectivity index (χ1) is 16.4. The molecule has 2 aromatic heterocycles. The summed E-state index contributed by atoms with van der Waals surface area (Å²) in [4.78, 5) is 33.0. The monoisotopic (exact) mass is 490 g/mol. The van der Waals surface area contributed by atoms with E-state index in [2.05, 4.69) is 12.1 Å². The number of nitrogens with zero attached hydrogens (tertiary/aromatic N) is 2. The van der Waals surface area contributed by atoms with Gasteiger partial charge in [0, 0.05) is 21.8 Å². The summed E-state index contributed by atoms with van der Waals surface area (Å²) in [5.41, 5.74) is 5.71. The van der Waals surface area contributed by atoms with Crippen molar-refractivity contribution in [1.82, 2.24) is 9.55 Å². The maximum atomic E-state index is 14.0. The standard InChI is InChI=1S/C27H26N2O3S2/c1-15-8-9-16(2)21(12-15)29-26(31)24-20-6-5-7-23(20)34-25(24)28-27(29)33-14-19-13-18(17(3)30)10-11-22(19)32-4/h8-13H,5-7,14H2,1-4H3. The van der Waals surface area contributed by atoms with Gasteiger partial charge in [-0.3, -0.25) is 14.2 Å². The molecule has 4 aromatic rings. The van der Waals surface area contributed by atoms with E-state index in [4.69, 9.17) is 9.72 Å². The number of thiophene rings is 1. The van der Waals surface area contributed by atoms with Crippen LogP contribution in [-0.4, -0.2) is 22.4 Å². The zero-order valence-corrected chi connectivity index (χ0v) is 21.4. The van der Waals surface area contributed by atoms with E-state index >= 15 is 0 Å². The van der Waals surface area contributed by atoms with Crippen LogP contribution in [0, 0.1) is 13.8 Å². The number of carbonyl (C=O) groups is 1. The molecule has 0 atom stereocenters. The number of fused-ring (bicyclic) bond motifs is 3. The van der Waals surface area contributed by atoms with Crippen LogP contribution in [0.15, 0.2) is 46.3 Å². The lowest BCUT2D eigenvalue weighted by atomic mass is 10.1. The Bertz CT molecular complexity index is 1500. The topological polar surface area (TPSA) is 61.2 Å². The van der Waals surface area contributed by atoms with Gasteiger partial charge >= 0.3 is 0 Å². The van der Waals surface area contributed by atoms with Gasteiger partial charge < -0.3 is 4.74 Å². The lowest BCUT2D eigenvalue weighted by molar-refractivity contribution is 0.101. The predicted molar refractivity (Wildman–Crippen MR) is 139 cm³/mol. The van der Waals surface area contributed by atoms with Gasteiger partial charge in [-0.15, -0.1) is 11.3 Å².